The van der Waals surface area contributed by atoms with E-state index in [0.717, 1.165) is 37.1 Å². The van der Waals surface area contributed by atoms with Crippen LogP contribution in [0.1, 0.15) is 36.0 Å². The minimum absolute atomic E-state index is 0.205. The van der Waals surface area contributed by atoms with E-state index in [2.05, 4.69) is 5.32 Å². The van der Waals surface area contributed by atoms with Gasteiger partial charge in [-0.2, -0.15) is 0 Å². The zero-order valence-corrected chi connectivity index (χ0v) is 16.1. The molecule has 1 amide bonds. The lowest BCUT2D eigenvalue weighted by Crippen LogP contribution is -2.29. The van der Waals surface area contributed by atoms with Crippen molar-refractivity contribution in [2.24, 2.45) is 5.73 Å². The monoisotopic (exact) mass is 391 g/mol. The number of hydrogen-bond donors (Lipinski definition) is 3. The summed E-state index contributed by atoms with van der Waals surface area (Å²) in [5, 5.41) is 13.2. The Kier molecular flexibility index (Phi) is 5.53. The topological polar surface area (TPSA) is 89.5 Å². The van der Waals surface area contributed by atoms with Crippen molar-refractivity contribution < 1.29 is 14.6 Å². The standard InChI is InChI=1S/C23H25N3O3/c24-23(28)20-13-10-17(15-21(20)25-16-8-11-18(27)12-9-16)26-14-4-7-22(26)29-19-5-2-1-3-6-19/h1-7,10,13-16,18,25,27H,8-9,11-12H2,(H2,24,28). The van der Waals surface area contributed by atoms with E-state index in [1.807, 2.05) is 65.4 Å². The van der Waals surface area contributed by atoms with E-state index in [0.29, 0.717) is 17.1 Å². The predicted molar refractivity (Wildman–Crippen MR) is 113 cm³/mol. The summed E-state index contributed by atoms with van der Waals surface area (Å²) in [7, 11) is 0. The van der Waals surface area contributed by atoms with Crippen molar-refractivity contribution in [2.45, 2.75) is 37.8 Å². The number of aliphatic hydroxyl groups is 1. The molecular formula is C23H25N3O3. The van der Waals surface area contributed by atoms with Crippen molar-refractivity contribution >= 4 is 11.6 Å². The maximum absolute atomic E-state index is 11.9. The number of nitrogens with one attached hydrogen (secondary N) is 1. The number of aliphatic hydroxyl groups excluding tert-OH is 1. The Bertz CT molecular complexity index is 976. The Morgan fingerprint density at radius 1 is 1.03 bits per heavy atom. The first-order valence-electron chi connectivity index (χ1n) is 9.89. The molecule has 6 heteroatoms. The van der Waals surface area contributed by atoms with Crippen LogP contribution in [0.5, 0.6) is 11.6 Å². The van der Waals surface area contributed by atoms with Gasteiger partial charge in [-0.05, 0) is 62.1 Å². The third kappa shape index (κ3) is 4.43. The van der Waals surface area contributed by atoms with E-state index in [9.17, 15) is 9.90 Å². The molecule has 0 aliphatic heterocycles. The lowest BCUT2D eigenvalue weighted by Gasteiger charge is -2.28. The number of rotatable bonds is 6. The van der Waals surface area contributed by atoms with Crippen molar-refractivity contribution in [1.29, 1.82) is 0 Å². The maximum atomic E-state index is 11.9. The molecule has 29 heavy (non-hydrogen) atoms. The Morgan fingerprint density at radius 2 is 1.79 bits per heavy atom. The summed E-state index contributed by atoms with van der Waals surface area (Å²) >= 11 is 0. The Labute approximate surface area is 169 Å². The van der Waals surface area contributed by atoms with Gasteiger partial charge in [0.25, 0.3) is 5.91 Å². The van der Waals surface area contributed by atoms with Crippen molar-refractivity contribution in [2.75, 3.05) is 5.32 Å². The Morgan fingerprint density at radius 3 is 2.52 bits per heavy atom. The highest BCUT2D eigenvalue weighted by Crippen LogP contribution is 2.29. The van der Waals surface area contributed by atoms with Crippen LogP contribution in [-0.4, -0.2) is 27.7 Å². The van der Waals surface area contributed by atoms with Gasteiger partial charge in [-0.3, -0.25) is 9.36 Å². The first-order chi connectivity index (χ1) is 14.1. The zero-order valence-electron chi connectivity index (χ0n) is 16.1. The van der Waals surface area contributed by atoms with Crippen molar-refractivity contribution in [1.82, 2.24) is 4.57 Å². The molecule has 1 aliphatic carbocycles. The molecule has 1 fully saturated rings. The van der Waals surface area contributed by atoms with Crippen LogP contribution in [0.2, 0.25) is 0 Å². The first kappa shape index (κ1) is 19.1. The van der Waals surface area contributed by atoms with Gasteiger partial charge in [0.05, 0.1) is 17.4 Å². The van der Waals surface area contributed by atoms with E-state index in [1.54, 1.807) is 6.07 Å². The van der Waals surface area contributed by atoms with Crippen LogP contribution in [0.25, 0.3) is 5.69 Å². The number of anilines is 1. The molecule has 0 spiro atoms. The second-order valence-corrected chi connectivity index (χ2v) is 7.38. The van der Waals surface area contributed by atoms with Gasteiger partial charge >= 0.3 is 0 Å². The summed E-state index contributed by atoms with van der Waals surface area (Å²) in [6, 6.07) is 19.1. The lowest BCUT2D eigenvalue weighted by molar-refractivity contribution is 0.100. The highest BCUT2D eigenvalue weighted by Gasteiger charge is 2.21. The summed E-state index contributed by atoms with van der Waals surface area (Å²) in [5.74, 6) is 0.957. The number of para-hydroxylation sites is 1. The van der Waals surface area contributed by atoms with Crippen LogP contribution in [0.3, 0.4) is 0 Å². The minimum Gasteiger partial charge on any atom is -0.440 e. The summed E-state index contributed by atoms with van der Waals surface area (Å²) in [6.45, 7) is 0. The van der Waals surface area contributed by atoms with Crippen LogP contribution >= 0.6 is 0 Å². The van der Waals surface area contributed by atoms with E-state index < -0.39 is 5.91 Å². The number of nitrogens with two attached hydrogens (primary N) is 1. The van der Waals surface area contributed by atoms with Gasteiger partial charge in [0.15, 0.2) is 0 Å². The van der Waals surface area contributed by atoms with Crippen LogP contribution in [0.4, 0.5) is 5.69 Å². The van der Waals surface area contributed by atoms with Gasteiger partial charge in [-0.25, -0.2) is 0 Å². The molecule has 1 aromatic heterocycles. The van der Waals surface area contributed by atoms with Crippen molar-refractivity contribution in [3.05, 3.63) is 72.4 Å². The van der Waals surface area contributed by atoms with E-state index in [1.165, 1.54) is 0 Å². The SMILES string of the molecule is NC(=O)c1ccc(-n2cccc2Oc2ccccc2)cc1NC1CCC(O)CC1. The van der Waals surface area contributed by atoms with Gasteiger partial charge < -0.3 is 20.9 Å². The third-order valence-corrected chi connectivity index (χ3v) is 5.28. The smallest absolute Gasteiger partial charge is 0.250 e. The highest BCUT2D eigenvalue weighted by molar-refractivity contribution is 5.99. The Balaban J connectivity index is 1.62. The number of benzene rings is 2. The average molecular weight is 391 g/mol. The van der Waals surface area contributed by atoms with E-state index in [4.69, 9.17) is 10.5 Å². The van der Waals surface area contributed by atoms with Crippen molar-refractivity contribution in [3.8, 4) is 17.3 Å². The fourth-order valence-electron chi connectivity index (χ4n) is 3.73. The van der Waals surface area contributed by atoms with Crippen molar-refractivity contribution in [3.63, 3.8) is 0 Å². The second-order valence-electron chi connectivity index (χ2n) is 7.38. The van der Waals surface area contributed by atoms with Crippen LogP contribution in [-0.2, 0) is 0 Å². The molecule has 6 nitrogen and oxygen atoms in total. The highest BCUT2D eigenvalue weighted by atomic mass is 16.5. The molecule has 0 radical (unpaired) electrons. The molecular weight excluding hydrogens is 366 g/mol. The molecule has 0 atom stereocenters. The van der Waals surface area contributed by atoms with E-state index >= 15 is 0 Å². The fraction of sp³-hybridized carbons (Fsp3) is 0.261. The molecule has 1 heterocycles. The zero-order chi connectivity index (χ0) is 20.2. The lowest BCUT2D eigenvalue weighted by atomic mass is 9.92. The molecule has 1 aliphatic rings. The number of nitrogens with zero attached hydrogens (tertiary/aromatic N) is 1. The molecule has 4 rings (SSSR count). The van der Waals surface area contributed by atoms with Gasteiger partial charge in [0, 0.05) is 24.0 Å². The molecule has 150 valence electrons. The number of ether oxygens (including phenoxy) is 1. The summed E-state index contributed by atoms with van der Waals surface area (Å²) < 4.78 is 7.93. The first-order valence-corrected chi connectivity index (χ1v) is 9.89. The number of primary amides is 1. The van der Waals surface area contributed by atoms with Crippen LogP contribution in [0, 0.1) is 0 Å². The molecule has 2 aromatic carbocycles. The summed E-state index contributed by atoms with van der Waals surface area (Å²) in [4.78, 5) is 11.9. The van der Waals surface area contributed by atoms with Gasteiger partial charge in [0.1, 0.15) is 5.75 Å². The number of hydrogen-bond acceptors (Lipinski definition) is 4. The van der Waals surface area contributed by atoms with Gasteiger partial charge in [-0.15, -0.1) is 0 Å². The van der Waals surface area contributed by atoms with Crippen LogP contribution < -0.4 is 15.8 Å². The summed E-state index contributed by atoms with van der Waals surface area (Å²) in [6.07, 6.45) is 4.92. The normalized spacial score (nSPS) is 18.9. The Hall–Kier alpha value is -3.25. The number of amides is 1. The third-order valence-electron chi connectivity index (χ3n) is 5.28. The molecule has 4 N–H and O–H groups in total. The molecule has 3 aromatic rings. The van der Waals surface area contributed by atoms with Gasteiger partial charge in [0.2, 0.25) is 5.88 Å². The van der Waals surface area contributed by atoms with Gasteiger partial charge in [-0.1, -0.05) is 18.2 Å². The molecule has 0 saturated heterocycles. The predicted octanol–water partition coefficient (Wildman–Crippen LogP) is 4.08. The van der Waals surface area contributed by atoms with E-state index in [-0.39, 0.29) is 12.1 Å². The van der Waals surface area contributed by atoms with Crippen LogP contribution in [0.15, 0.2) is 66.9 Å². The molecule has 0 unspecified atom stereocenters. The minimum atomic E-state index is -0.469. The quantitative estimate of drug-likeness (QED) is 0.591. The summed E-state index contributed by atoms with van der Waals surface area (Å²) in [5.41, 5.74) is 7.62. The largest absolute Gasteiger partial charge is 0.440 e. The number of carbonyl (C=O) groups is 1. The second kappa shape index (κ2) is 8.41. The fourth-order valence-corrected chi connectivity index (χ4v) is 3.73. The number of carbonyl (C=O) groups excluding carboxylic acids is 1. The number of aromatic nitrogens is 1. The molecule has 0 bridgehead atoms. The average Bonchev–Trinajstić information content (AvgIpc) is 3.18. The molecule has 1 saturated carbocycles. The maximum Gasteiger partial charge on any atom is 0.250 e.